The zero-order valence-corrected chi connectivity index (χ0v) is 19.2. The highest BCUT2D eigenvalue weighted by Gasteiger charge is 2.26. The van der Waals surface area contributed by atoms with Crippen LogP contribution >= 0.6 is 27.3 Å². The quantitative estimate of drug-likeness (QED) is 0.482. The molecule has 0 radical (unpaired) electrons. The molecule has 1 unspecified atom stereocenters. The van der Waals surface area contributed by atoms with Gasteiger partial charge in [0.2, 0.25) is 5.91 Å². The first-order valence-corrected chi connectivity index (χ1v) is 10.5. The first-order chi connectivity index (χ1) is 13.1. The molecule has 2 aromatic rings. The molecule has 1 N–H and O–H groups in total. The third kappa shape index (κ3) is 4.52. The Bertz CT molecular complexity index is 932. The van der Waals surface area contributed by atoms with Gasteiger partial charge in [0.15, 0.2) is 5.78 Å². The number of carbonyl (C=O) groups excluding carboxylic acids is 3. The molecule has 1 atom stereocenters. The van der Waals surface area contributed by atoms with Crippen LogP contribution in [0, 0.1) is 26.7 Å². The number of esters is 1. The summed E-state index contributed by atoms with van der Waals surface area (Å²) in [6, 6.07) is 0. The van der Waals surface area contributed by atoms with Crippen molar-refractivity contribution in [3.8, 4) is 0 Å². The van der Waals surface area contributed by atoms with Crippen molar-refractivity contribution in [1.82, 2.24) is 9.78 Å². The summed E-state index contributed by atoms with van der Waals surface area (Å²) in [5.41, 5.74) is 2.57. The molecule has 0 aliphatic heterocycles. The van der Waals surface area contributed by atoms with Crippen molar-refractivity contribution in [2.45, 2.75) is 48.1 Å². The Morgan fingerprint density at radius 2 is 1.93 bits per heavy atom. The van der Waals surface area contributed by atoms with Crippen molar-refractivity contribution < 1.29 is 19.1 Å². The molecule has 0 aliphatic carbocycles. The predicted molar refractivity (Wildman–Crippen MR) is 112 cm³/mol. The molecule has 0 saturated carbocycles. The second-order valence-electron chi connectivity index (χ2n) is 6.59. The van der Waals surface area contributed by atoms with Gasteiger partial charge in [-0.1, -0.05) is 6.92 Å². The maximum absolute atomic E-state index is 12.7. The van der Waals surface area contributed by atoms with Crippen molar-refractivity contribution in [2.75, 3.05) is 11.9 Å². The van der Waals surface area contributed by atoms with Crippen LogP contribution in [0.25, 0.3) is 0 Å². The lowest BCUT2D eigenvalue weighted by atomic mass is 10.1. The van der Waals surface area contributed by atoms with Crippen LogP contribution in [0.4, 0.5) is 5.00 Å². The SMILES string of the molecule is CCOC(=O)c1c(NC(=O)C(C)Cn2nc(C)c(Br)c2C)sc(C(C)=O)c1C. The summed E-state index contributed by atoms with van der Waals surface area (Å²) in [5.74, 6) is -1.36. The monoisotopic (exact) mass is 469 g/mol. The highest BCUT2D eigenvalue weighted by Crippen LogP contribution is 2.34. The van der Waals surface area contributed by atoms with Crippen molar-refractivity contribution in [3.05, 3.63) is 31.9 Å². The van der Waals surface area contributed by atoms with Gasteiger partial charge in [0.1, 0.15) is 5.00 Å². The highest BCUT2D eigenvalue weighted by atomic mass is 79.9. The van der Waals surface area contributed by atoms with E-state index >= 15 is 0 Å². The number of nitrogens with zero attached hydrogens (tertiary/aromatic N) is 2. The average Bonchev–Trinajstić information content (AvgIpc) is 3.06. The number of hydrogen-bond acceptors (Lipinski definition) is 6. The van der Waals surface area contributed by atoms with Crippen LogP contribution < -0.4 is 5.32 Å². The van der Waals surface area contributed by atoms with Gasteiger partial charge in [-0.2, -0.15) is 5.10 Å². The minimum Gasteiger partial charge on any atom is -0.462 e. The largest absolute Gasteiger partial charge is 0.462 e. The summed E-state index contributed by atoms with van der Waals surface area (Å²) in [4.78, 5) is 37.4. The molecule has 9 heteroatoms. The van der Waals surface area contributed by atoms with Gasteiger partial charge >= 0.3 is 5.97 Å². The molecule has 1 amide bonds. The number of ether oxygens (including phenoxy) is 1. The maximum Gasteiger partial charge on any atom is 0.341 e. The molecule has 0 saturated heterocycles. The zero-order chi connectivity index (χ0) is 21.2. The minimum atomic E-state index is -0.547. The van der Waals surface area contributed by atoms with E-state index in [1.165, 1.54) is 6.92 Å². The Hall–Kier alpha value is -2.00. The third-order valence-corrected chi connectivity index (χ3v) is 6.83. The average molecular weight is 470 g/mol. The molecule has 2 heterocycles. The normalized spacial score (nSPS) is 12.0. The van der Waals surface area contributed by atoms with E-state index in [0.717, 1.165) is 27.2 Å². The Morgan fingerprint density at radius 1 is 1.29 bits per heavy atom. The van der Waals surface area contributed by atoms with Crippen molar-refractivity contribution in [3.63, 3.8) is 0 Å². The van der Waals surface area contributed by atoms with Crippen molar-refractivity contribution >= 4 is 49.9 Å². The van der Waals surface area contributed by atoms with Gasteiger partial charge < -0.3 is 10.1 Å². The van der Waals surface area contributed by atoms with Gasteiger partial charge in [0.25, 0.3) is 0 Å². The van der Waals surface area contributed by atoms with Crippen LogP contribution in [-0.2, 0) is 16.1 Å². The van der Waals surface area contributed by atoms with Gasteiger partial charge in [0, 0.05) is 5.69 Å². The minimum absolute atomic E-state index is 0.158. The maximum atomic E-state index is 12.7. The van der Waals surface area contributed by atoms with Gasteiger partial charge in [-0.15, -0.1) is 11.3 Å². The Kier molecular flexibility index (Phi) is 7.16. The first-order valence-electron chi connectivity index (χ1n) is 8.90. The van der Waals surface area contributed by atoms with Crippen molar-refractivity contribution in [2.24, 2.45) is 5.92 Å². The number of nitrogens with one attached hydrogen (secondary N) is 1. The van der Waals surface area contributed by atoms with Crippen LogP contribution in [0.1, 0.15) is 57.8 Å². The van der Waals surface area contributed by atoms with Gasteiger partial charge in [0.05, 0.1) is 39.7 Å². The summed E-state index contributed by atoms with van der Waals surface area (Å²) in [6.45, 7) is 11.0. The first kappa shape index (κ1) is 22.3. The summed E-state index contributed by atoms with van der Waals surface area (Å²) in [5, 5.41) is 7.57. The summed E-state index contributed by atoms with van der Waals surface area (Å²) < 4.78 is 7.79. The number of anilines is 1. The fraction of sp³-hybridized carbons (Fsp3) is 0.474. The number of ketones is 1. The number of carbonyl (C=O) groups is 3. The van der Waals surface area contributed by atoms with E-state index in [4.69, 9.17) is 4.74 Å². The molecule has 7 nitrogen and oxygen atoms in total. The standard InChI is InChI=1S/C19H24BrN3O4S/c1-7-27-19(26)14-10(3)16(13(6)24)28-18(14)21-17(25)9(2)8-23-12(5)15(20)11(4)22-23/h9H,7-8H2,1-6H3,(H,21,25). The number of amides is 1. The molecule has 2 aromatic heterocycles. The number of thiophene rings is 1. The number of halogens is 1. The lowest BCUT2D eigenvalue weighted by molar-refractivity contribution is -0.119. The van der Waals surface area contributed by atoms with Crippen molar-refractivity contribution in [1.29, 1.82) is 0 Å². The van der Waals surface area contributed by atoms with E-state index < -0.39 is 11.9 Å². The summed E-state index contributed by atoms with van der Waals surface area (Å²) in [6.07, 6.45) is 0. The fourth-order valence-corrected chi connectivity index (χ4v) is 4.19. The highest BCUT2D eigenvalue weighted by molar-refractivity contribution is 9.10. The van der Waals surface area contributed by atoms with E-state index in [-0.39, 0.29) is 23.9 Å². The Balaban J connectivity index is 2.26. The Morgan fingerprint density at radius 3 is 2.43 bits per heavy atom. The topological polar surface area (TPSA) is 90.3 Å². The second kappa shape index (κ2) is 9.00. The number of hydrogen-bond donors (Lipinski definition) is 1. The van der Waals surface area contributed by atoms with Gasteiger partial charge in [-0.25, -0.2) is 4.79 Å². The van der Waals surface area contributed by atoms with E-state index in [2.05, 4.69) is 26.3 Å². The second-order valence-corrected chi connectivity index (χ2v) is 8.41. The third-order valence-electron chi connectivity index (χ3n) is 4.37. The van der Waals surface area contributed by atoms with Gasteiger partial charge in [-0.05, 0) is 56.1 Å². The van der Waals surface area contributed by atoms with E-state index in [0.29, 0.717) is 22.0 Å². The van der Waals surface area contributed by atoms with E-state index in [1.807, 2.05) is 13.8 Å². The van der Waals surface area contributed by atoms with Crippen LogP contribution in [0.15, 0.2) is 4.47 Å². The molecule has 28 heavy (non-hydrogen) atoms. The zero-order valence-electron chi connectivity index (χ0n) is 16.8. The number of aromatic nitrogens is 2. The van der Waals surface area contributed by atoms with Gasteiger partial charge in [-0.3, -0.25) is 14.3 Å². The molecule has 0 aromatic carbocycles. The molecule has 0 spiro atoms. The molecule has 0 bridgehead atoms. The molecule has 0 fully saturated rings. The van der Waals surface area contributed by atoms with Crippen LogP contribution in [0.5, 0.6) is 0 Å². The van der Waals surface area contributed by atoms with Crippen LogP contribution in [0.2, 0.25) is 0 Å². The number of rotatable bonds is 7. The molecular weight excluding hydrogens is 446 g/mol. The molecule has 2 rings (SSSR count). The molecule has 0 aliphatic rings. The fourth-order valence-electron chi connectivity index (χ4n) is 2.82. The molecular formula is C19H24BrN3O4S. The van der Waals surface area contributed by atoms with Crippen LogP contribution in [0.3, 0.4) is 0 Å². The van der Waals surface area contributed by atoms with E-state index in [1.54, 1.807) is 25.5 Å². The Labute approximate surface area is 176 Å². The smallest absolute Gasteiger partial charge is 0.341 e. The lowest BCUT2D eigenvalue weighted by Gasteiger charge is -2.13. The predicted octanol–water partition coefficient (Wildman–Crippen LogP) is 4.29. The summed E-state index contributed by atoms with van der Waals surface area (Å²) in [7, 11) is 0. The number of Topliss-reactive ketones (excluding diaryl/α,β-unsaturated/α-hetero) is 1. The van der Waals surface area contributed by atoms with E-state index in [9.17, 15) is 14.4 Å². The molecule has 152 valence electrons. The van der Waals surface area contributed by atoms with Crippen LogP contribution in [-0.4, -0.2) is 34.0 Å². The summed E-state index contributed by atoms with van der Waals surface area (Å²) >= 11 is 4.58. The lowest BCUT2D eigenvalue weighted by Crippen LogP contribution is -2.25. The number of aryl methyl sites for hydroxylation is 1.